The molecule has 140 valence electrons. The minimum atomic E-state index is -0.309. The van der Waals surface area contributed by atoms with Crippen LogP contribution >= 0.6 is 0 Å². The van der Waals surface area contributed by atoms with Crippen molar-refractivity contribution in [3.63, 3.8) is 0 Å². The fraction of sp³-hybridized carbons (Fsp3) is 0.714. The highest BCUT2D eigenvalue weighted by Gasteiger charge is 2.34. The van der Waals surface area contributed by atoms with E-state index in [-0.39, 0.29) is 24.1 Å². The summed E-state index contributed by atoms with van der Waals surface area (Å²) in [4.78, 5) is 22.8. The molecule has 0 bridgehead atoms. The highest BCUT2D eigenvalue weighted by atomic mass is 16.5. The standard InChI is InChI=1S/C21H32O4/c1-5-20(22)24-18-9-7-16(11-14(18)3)13-17-8-10-19(15(4)12-17)25-21(23)6-2/h5-6,14-19H,1-2,7-13H2,3-4H3. The van der Waals surface area contributed by atoms with E-state index in [0.717, 1.165) is 38.5 Å². The zero-order chi connectivity index (χ0) is 18.4. The first-order chi connectivity index (χ1) is 11.9. The SMILES string of the molecule is C=CC(=O)OC1CCC(CC2CCC(OC(=O)C=C)C(C)C2)CC1C. The van der Waals surface area contributed by atoms with Crippen molar-refractivity contribution in [2.75, 3.05) is 0 Å². The van der Waals surface area contributed by atoms with Gasteiger partial charge in [-0.25, -0.2) is 9.59 Å². The van der Waals surface area contributed by atoms with Crippen molar-refractivity contribution in [2.24, 2.45) is 23.7 Å². The van der Waals surface area contributed by atoms with E-state index in [1.54, 1.807) is 0 Å². The lowest BCUT2D eigenvalue weighted by Crippen LogP contribution is -2.34. The van der Waals surface area contributed by atoms with Crippen LogP contribution in [0.25, 0.3) is 0 Å². The predicted molar refractivity (Wildman–Crippen MR) is 97.8 cm³/mol. The van der Waals surface area contributed by atoms with Gasteiger partial charge in [-0.05, 0) is 68.6 Å². The molecule has 0 spiro atoms. The third kappa shape index (κ3) is 5.72. The van der Waals surface area contributed by atoms with Crippen LogP contribution in [0.3, 0.4) is 0 Å². The second-order valence-corrected chi connectivity index (χ2v) is 7.91. The number of ether oxygens (including phenoxy) is 2. The highest BCUT2D eigenvalue weighted by Crippen LogP contribution is 2.40. The molecule has 2 aliphatic rings. The Labute approximate surface area is 151 Å². The molecule has 0 N–H and O–H groups in total. The molecule has 6 unspecified atom stereocenters. The molecule has 25 heavy (non-hydrogen) atoms. The molecule has 4 heteroatoms. The molecule has 0 aromatic carbocycles. The monoisotopic (exact) mass is 348 g/mol. The normalized spacial score (nSPS) is 35.4. The molecule has 2 rings (SSSR count). The Hall–Kier alpha value is -1.58. The van der Waals surface area contributed by atoms with Crippen LogP contribution in [0.4, 0.5) is 0 Å². The Balaban J connectivity index is 1.77. The van der Waals surface area contributed by atoms with Crippen LogP contribution in [-0.4, -0.2) is 24.1 Å². The number of rotatable bonds is 6. The van der Waals surface area contributed by atoms with E-state index in [4.69, 9.17) is 9.47 Å². The Morgan fingerprint density at radius 1 is 0.840 bits per heavy atom. The number of esters is 2. The summed E-state index contributed by atoms with van der Waals surface area (Å²) >= 11 is 0. The first-order valence-corrected chi connectivity index (χ1v) is 9.59. The van der Waals surface area contributed by atoms with Gasteiger partial charge in [-0.2, -0.15) is 0 Å². The van der Waals surface area contributed by atoms with E-state index in [1.165, 1.54) is 18.6 Å². The van der Waals surface area contributed by atoms with Crippen molar-refractivity contribution < 1.29 is 19.1 Å². The lowest BCUT2D eigenvalue weighted by molar-refractivity contribution is -0.148. The van der Waals surface area contributed by atoms with E-state index in [9.17, 15) is 9.59 Å². The van der Waals surface area contributed by atoms with Crippen LogP contribution < -0.4 is 0 Å². The van der Waals surface area contributed by atoms with Crippen LogP contribution in [0.1, 0.15) is 58.8 Å². The highest BCUT2D eigenvalue weighted by molar-refractivity contribution is 5.81. The predicted octanol–water partition coefficient (Wildman–Crippen LogP) is 4.44. The molecule has 0 aliphatic heterocycles. The van der Waals surface area contributed by atoms with Gasteiger partial charge in [0, 0.05) is 12.2 Å². The van der Waals surface area contributed by atoms with Gasteiger partial charge in [0.2, 0.25) is 0 Å². The average molecular weight is 348 g/mol. The fourth-order valence-electron chi connectivity index (χ4n) is 4.60. The van der Waals surface area contributed by atoms with E-state index < -0.39 is 0 Å². The molecule has 2 fully saturated rings. The summed E-state index contributed by atoms with van der Waals surface area (Å²) < 4.78 is 10.9. The summed E-state index contributed by atoms with van der Waals surface area (Å²) in [7, 11) is 0. The molecule has 2 saturated carbocycles. The van der Waals surface area contributed by atoms with Crippen LogP contribution in [0.5, 0.6) is 0 Å². The maximum atomic E-state index is 11.4. The van der Waals surface area contributed by atoms with E-state index in [1.807, 2.05) is 0 Å². The maximum absolute atomic E-state index is 11.4. The molecule has 0 heterocycles. The van der Waals surface area contributed by atoms with Crippen molar-refractivity contribution in [3.8, 4) is 0 Å². The topological polar surface area (TPSA) is 52.6 Å². The van der Waals surface area contributed by atoms with Gasteiger partial charge >= 0.3 is 11.9 Å². The number of hydrogen-bond acceptors (Lipinski definition) is 4. The van der Waals surface area contributed by atoms with Crippen LogP contribution in [-0.2, 0) is 19.1 Å². The summed E-state index contributed by atoms with van der Waals surface area (Å²) in [6.07, 6.45) is 10.2. The second kappa shape index (κ2) is 9.21. The molecule has 6 atom stereocenters. The third-order valence-electron chi connectivity index (χ3n) is 5.93. The van der Waals surface area contributed by atoms with Gasteiger partial charge in [0.05, 0.1) is 0 Å². The molecule has 0 radical (unpaired) electrons. The third-order valence-corrected chi connectivity index (χ3v) is 5.93. The first kappa shape index (κ1) is 19.7. The molecular weight excluding hydrogens is 316 g/mol. The number of hydrogen-bond donors (Lipinski definition) is 0. The Bertz CT molecular complexity index is 454. The maximum Gasteiger partial charge on any atom is 0.330 e. The summed E-state index contributed by atoms with van der Waals surface area (Å²) in [6.45, 7) is 11.3. The molecule has 4 nitrogen and oxygen atoms in total. The van der Waals surface area contributed by atoms with Gasteiger partial charge in [0.15, 0.2) is 0 Å². The van der Waals surface area contributed by atoms with Crippen LogP contribution in [0, 0.1) is 23.7 Å². The zero-order valence-corrected chi connectivity index (χ0v) is 15.6. The summed E-state index contributed by atoms with van der Waals surface area (Å²) in [5.41, 5.74) is 0. The zero-order valence-electron chi connectivity index (χ0n) is 15.6. The van der Waals surface area contributed by atoms with E-state index in [0.29, 0.717) is 23.7 Å². The fourth-order valence-corrected chi connectivity index (χ4v) is 4.60. The summed E-state index contributed by atoms with van der Waals surface area (Å²) in [5, 5.41) is 0. The van der Waals surface area contributed by atoms with Crippen molar-refractivity contribution >= 4 is 11.9 Å². The van der Waals surface area contributed by atoms with Crippen molar-refractivity contribution in [1.82, 2.24) is 0 Å². The lowest BCUT2D eigenvalue weighted by atomic mass is 9.71. The largest absolute Gasteiger partial charge is 0.459 e. The van der Waals surface area contributed by atoms with Gasteiger partial charge in [-0.15, -0.1) is 0 Å². The van der Waals surface area contributed by atoms with Crippen LogP contribution in [0.2, 0.25) is 0 Å². The average Bonchev–Trinajstić information content (AvgIpc) is 2.59. The lowest BCUT2D eigenvalue weighted by Gasteiger charge is -2.38. The quantitative estimate of drug-likeness (QED) is 0.526. The summed E-state index contributed by atoms with van der Waals surface area (Å²) in [5.74, 6) is 1.61. The van der Waals surface area contributed by atoms with Gasteiger partial charge in [0.1, 0.15) is 12.2 Å². The van der Waals surface area contributed by atoms with Gasteiger partial charge in [-0.1, -0.05) is 27.0 Å². The smallest absolute Gasteiger partial charge is 0.330 e. The molecule has 0 amide bonds. The van der Waals surface area contributed by atoms with Crippen molar-refractivity contribution in [3.05, 3.63) is 25.3 Å². The van der Waals surface area contributed by atoms with Crippen molar-refractivity contribution in [2.45, 2.75) is 71.0 Å². The van der Waals surface area contributed by atoms with Gasteiger partial charge in [0.25, 0.3) is 0 Å². The van der Waals surface area contributed by atoms with E-state index >= 15 is 0 Å². The Kier molecular flexibility index (Phi) is 7.27. The molecule has 0 saturated heterocycles. The minimum absolute atomic E-state index is 0.0368. The van der Waals surface area contributed by atoms with Crippen LogP contribution in [0.15, 0.2) is 25.3 Å². The molecule has 2 aliphatic carbocycles. The molecule has 0 aromatic heterocycles. The van der Waals surface area contributed by atoms with E-state index in [2.05, 4.69) is 27.0 Å². The molecule has 0 aromatic rings. The second-order valence-electron chi connectivity index (χ2n) is 7.91. The van der Waals surface area contributed by atoms with Gasteiger partial charge < -0.3 is 9.47 Å². The van der Waals surface area contributed by atoms with Crippen molar-refractivity contribution in [1.29, 1.82) is 0 Å². The number of carbonyl (C=O) groups excluding carboxylic acids is 2. The minimum Gasteiger partial charge on any atom is -0.459 e. The Morgan fingerprint density at radius 2 is 1.24 bits per heavy atom. The van der Waals surface area contributed by atoms with Gasteiger partial charge in [-0.3, -0.25) is 0 Å². The summed E-state index contributed by atoms with van der Waals surface area (Å²) in [6, 6.07) is 0. The first-order valence-electron chi connectivity index (χ1n) is 9.59. The number of carbonyl (C=O) groups is 2. The Morgan fingerprint density at radius 3 is 1.56 bits per heavy atom. The molecular formula is C21H32O4.